The van der Waals surface area contributed by atoms with Crippen molar-refractivity contribution in [3.05, 3.63) is 211 Å². The SMILES string of the molecule is BrBr.CC(=O)/C=C(\C)Nc1cn[nH]c1.Cc1cc(=O)c2[nH]ncc2[nH]1.Cc1cc(Cl)c2[nH]ncc2n1.Cc1cc(Cl)c2n[nH]c(Br)c2n1.Nc1cn[nH]c1.O=P(Cl)(Cl)Cl.O=[N+]([O-])c1cn[nH]c1.[H-].c1ccc(Oc2ccccc2)cc1.c1cn[nH]c1. The number of halogens is 8. The summed E-state index contributed by atoms with van der Waals surface area (Å²) in [7, 11) is 0. The number of allylic oxidation sites excluding steroid dienone is 2. The number of rotatable bonds is 6. The molecule has 35 heteroatoms. The van der Waals surface area contributed by atoms with E-state index in [2.05, 4.69) is 170 Å². The molecule has 450 valence electrons. The van der Waals surface area contributed by atoms with E-state index in [4.69, 9.17) is 33.7 Å². The van der Waals surface area contributed by atoms with Gasteiger partial charge in [-0.2, -0.15) is 35.7 Å². The van der Waals surface area contributed by atoms with E-state index in [0.29, 0.717) is 26.8 Å². The highest BCUT2D eigenvalue weighted by molar-refractivity contribution is 9.93. The van der Waals surface area contributed by atoms with Crippen LogP contribution in [-0.4, -0.2) is 97.0 Å². The molecule has 85 heavy (non-hydrogen) atoms. The number of ether oxygens (including phenoxy) is 1. The van der Waals surface area contributed by atoms with Crippen molar-refractivity contribution < 1.29 is 20.4 Å². The zero-order valence-electron chi connectivity index (χ0n) is 45.9. The first-order valence-electron chi connectivity index (χ1n) is 23.6. The number of H-pyrrole nitrogens is 8. The fraction of sp³-hybridized carbons (Fsp3) is 0.100. The Bertz CT molecular complexity index is 3880. The molecule has 0 aliphatic carbocycles. The fourth-order valence-electron chi connectivity index (χ4n) is 5.97. The van der Waals surface area contributed by atoms with Crippen LogP contribution in [0.4, 0.5) is 17.1 Å². The van der Waals surface area contributed by atoms with Gasteiger partial charge >= 0.3 is 10.9 Å². The number of hydrogen-bond donors (Lipinski definition) is 10. The molecule has 12 rings (SSSR count). The summed E-state index contributed by atoms with van der Waals surface area (Å²) in [5, 5.41) is 55.1. The number of nitrogens with two attached hydrogens (primary N) is 1. The van der Waals surface area contributed by atoms with Crippen LogP contribution in [0.2, 0.25) is 10.0 Å². The van der Waals surface area contributed by atoms with Crippen LogP contribution >= 0.6 is 106 Å². The molecule has 0 bridgehead atoms. The van der Waals surface area contributed by atoms with Gasteiger partial charge in [0.2, 0.25) is 5.43 Å². The first kappa shape index (κ1) is 71.5. The topological polar surface area (TPSA) is 384 Å². The van der Waals surface area contributed by atoms with Crippen molar-refractivity contribution in [2.75, 3.05) is 11.1 Å². The maximum absolute atomic E-state index is 11.2. The number of benzene rings is 2. The Labute approximate surface area is 532 Å². The van der Waals surface area contributed by atoms with E-state index < -0.39 is 10.1 Å². The zero-order valence-corrected chi connectivity index (χ0v) is 54.3. The zero-order chi connectivity index (χ0) is 62.7. The van der Waals surface area contributed by atoms with Crippen molar-refractivity contribution in [3.63, 3.8) is 0 Å². The molecule has 10 aromatic heterocycles. The molecule has 0 radical (unpaired) electrons. The van der Waals surface area contributed by atoms with E-state index in [0.717, 1.165) is 72.8 Å². The molecule has 0 unspecified atom stereocenters. The number of carbonyl (C=O) groups is 1. The van der Waals surface area contributed by atoms with Crippen LogP contribution in [-0.2, 0) is 9.36 Å². The first-order valence-corrected chi connectivity index (χ1v) is 33.3. The first-order chi connectivity index (χ1) is 40.6. The second-order valence-corrected chi connectivity index (χ2v) is 24.3. The van der Waals surface area contributed by atoms with E-state index in [1.165, 1.54) is 19.2 Å². The Morgan fingerprint density at radius 1 is 0.729 bits per heavy atom. The molecule has 0 amide bonds. The number of fused-ring (bicyclic) bond motifs is 3. The molecule has 0 aliphatic heterocycles. The van der Waals surface area contributed by atoms with Crippen molar-refractivity contribution in [2.45, 2.75) is 34.6 Å². The van der Waals surface area contributed by atoms with Gasteiger partial charge in [0.05, 0.1) is 62.8 Å². The van der Waals surface area contributed by atoms with Gasteiger partial charge in [-0.1, -0.05) is 59.6 Å². The average Bonchev–Trinajstić information content (AvgIpc) is 3.37. The third-order valence-electron chi connectivity index (χ3n) is 9.21. The van der Waals surface area contributed by atoms with E-state index >= 15 is 0 Å². The number of anilines is 2. The van der Waals surface area contributed by atoms with Gasteiger partial charge in [0.1, 0.15) is 49.9 Å². The predicted molar refractivity (Wildman–Crippen MR) is 347 cm³/mol. The smallest absolute Gasteiger partial charge is 0.339 e. The Morgan fingerprint density at radius 3 is 1.80 bits per heavy atom. The van der Waals surface area contributed by atoms with Crippen molar-refractivity contribution >= 4 is 162 Å². The Morgan fingerprint density at radius 2 is 1.31 bits per heavy atom. The summed E-state index contributed by atoms with van der Waals surface area (Å²) in [5.41, 5.74) is 14.5. The van der Waals surface area contributed by atoms with Crippen LogP contribution in [0, 0.1) is 30.9 Å². The minimum Gasteiger partial charge on any atom is -1.00 e. The minimum atomic E-state index is -3.22. The average molecular weight is 1480 g/mol. The van der Waals surface area contributed by atoms with Gasteiger partial charge in [0.25, 0.3) is 0 Å². The monoisotopic (exact) mass is 1470 g/mol. The summed E-state index contributed by atoms with van der Waals surface area (Å²) in [6, 6.07) is 26.5. The van der Waals surface area contributed by atoms with Crippen LogP contribution in [0.3, 0.4) is 0 Å². The largest absolute Gasteiger partial charge is 1.00 e. The molecule has 12 aromatic rings. The van der Waals surface area contributed by atoms with Crippen LogP contribution in [0.5, 0.6) is 11.5 Å². The van der Waals surface area contributed by atoms with E-state index in [1.54, 1.807) is 61.7 Å². The minimum absolute atomic E-state index is 0. The fourth-order valence-corrected chi connectivity index (χ4v) is 6.92. The van der Waals surface area contributed by atoms with Crippen LogP contribution in [0.15, 0.2) is 168 Å². The molecule has 0 spiro atoms. The Hall–Kier alpha value is -7.73. The molecule has 0 saturated heterocycles. The molecule has 0 saturated carbocycles. The molecule has 10 heterocycles. The lowest BCUT2D eigenvalue weighted by Crippen LogP contribution is -2.01. The molecule has 0 atom stereocenters. The summed E-state index contributed by atoms with van der Waals surface area (Å²) in [5.74, 6) is 1.77. The highest BCUT2D eigenvalue weighted by Gasteiger charge is 2.09. The Kier molecular flexibility index (Phi) is 32.8. The van der Waals surface area contributed by atoms with Crippen molar-refractivity contribution in [2.24, 2.45) is 0 Å². The number of nitrogens with one attached hydrogen (secondary N) is 9. The summed E-state index contributed by atoms with van der Waals surface area (Å²) >= 11 is 34.5. The van der Waals surface area contributed by atoms with Crippen molar-refractivity contribution in [1.29, 1.82) is 0 Å². The molecule has 11 N–H and O–H groups in total. The number of nitrogens with zero attached hydrogens (tertiary/aromatic N) is 10. The molecular formula is C50H52Br3Cl5N20O6P-. The number of para-hydroxylation sites is 2. The van der Waals surface area contributed by atoms with Gasteiger partial charge in [0.15, 0.2) is 5.78 Å². The van der Waals surface area contributed by atoms with Crippen LogP contribution in [0.25, 0.3) is 33.1 Å². The number of nitro groups is 1. The third-order valence-corrected chi connectivity index (χ3v) is 10.3. The molecular weight excluding hydrogens is 1420 g/mol. The lowest BCUT2D eigenvalue weighted by molar-refractivity contribution is -0.384. The second kappa shape index (κ2) is 39.0. The van der Waals surface area contributed by atoms with E-state index in [1.807, 2.05) is 100 Å². The summed E-state index contributed by atoms with van der Waals surface area (Å²) in [6.07, 6.45) is 17.2. The summed E-state index contributed by atoms with van der Waals surface area (Å²) in [6.45, 7) is 8.98. The van der Waals surface area contributed by atoms with Gasteiger partial charge < -0.3 is 22.2 Å². The maximum Gasteiger partial charge on any atom is 0.339 e. The maximum atomic E-state index is 11.2. The van der Waals surface area contributed by atoms with Gasteiger partial charge in [0, 0.05) is 81.9 Å². The number of aryl methyl sites for hydroxylation is 3. The van der Waals surface area contributed by atoms with Gasteiger partial charge in [-0.3, -0.25) is 60.0 Å². The third kappa shape index (κ3) is 29.6. The lowest BCUT2D eigenvalue weighted by Gasteiger charge is -2.03. The Balaban J connectivity index is 0.000000334. The van der Waals surface area contributed by atoms with Crippen LogP contribution in [0.1, 0.15) is 32.4 Å². The van der Waals surface area contributed by atoms with Gasteiger partial charge in [-0.25, -0.2) is 9.97 Å². The van der Waals surface area contributed by atoms with E-state index in [-0.39, 0.29) is 18.3 Å². The van der Waals surface area contributed by atoms with Gasteiger partial charge in [-0.15, -0.1) is 0 Å². The second-order valence-electron chi connectivity index (χ2n) is 16.0. The summed E-state index contributed by atoms with van der Waals surface area (Å²) < 4.78 is 15.9. The number of pyridine rings is 3. The molecule has 0 aliphatic rings. The number of nitrogen functional groups attached to an aromatic ring is 1. The number of aromatic nitrogens is 17. The number of aromatic amines is 8. The van der Waals surface area contributed by atoms with Crippen molar-refractivity contribution in [1.82, 2.24) is 86.3 Å². The molecule has 26 nitrogen and oxygen atoms in total. The predicted octanol–water partition coefficient (Wildman–Crippen LogP) is 15.3. The highest BCUT2D eigenvalue weighted by Crippen LogP contribution is 2.61. The van der Waals surface area contributed by atoms with E-state index in [9.17, 15) is 24.3 Å². The quantitative estimate of drug-likeness (QED) is 0.0320. The standard InChI is InChI=1S/C12H10O.C8H11N3O.C7H5BrClN3.C7H6ClN3.C7H7N3O.C3H3N3O2.C3H5N3.C3H4N2.Br2.Cl3OP.H/c1-3-7-11(8-4-1)13-12-9-5-2-6-10-12;1-6(3-7(2)12)11-8-4-9-10-5-8;1-3-2-4(9)5-6(10-3)7(8)12-11-5;1-4-2-5(8)7-6(10-4)3-9-11-7;1-4-2-6(11)7-5(9-4)3-8-10-7;7-6(8)3-1-4-5-2-3;4-3-1-5-6-2-3;1-2-4-5-3-1;1-2;1-5(2,3)4;/h1-10H;3-5,11H,1-2H3,(H,9,10);2H,1H3,(H,11,12);2-3H,1H3,(H,9,11);2-3H,1H3,(H,8,10)(H,9,11);1-2H,(H,4,5);1-2H,4H2,(H,5,6);1-3H,(H,4,5);;;/q;;;;;;;;;;-1/b;6-3+;;;;;;;;;. The van der Waals surface area contributed by atoms with Gasteiger partial charge in [-0.05, 0) is 133 Å². The highest BCUT2D eigenvalue weighted by atomic mass is 80.9. The number of carbonyl (C=O) groups excluding carboxylic acids is 1. The lowest BCUT2D eigenvalue weighted by atomic mass is 10.3. The molecule has 0 fully saturated rings. The summed E-state index contributed by atoms with van der Waals surface area (Å²) in [4.78, 5) is 42.6. The molecule has 2 aromatic carbocycles. The van der Waals surface area contributed by atoms with Crippen LogP contribution < -0.4 is 21.2 Å². The number of ketones is 1. The van der Waals surface area contributed by atoms with Crippen molar-refractivity contribution in [3.8, 4) is 11.5 Å². The normalized spacial score (nSPS) is 10.1. The number of hydrogen-bond acceptors (Lipinski definition) is 17.